The number of para-hydroxylation sites is 1. The van der Waals surface area contributed by atoms with Gasteiger partial charge in [0.05, 0.1) is 35.4 Å². The lowest BCUT2D eigenvalue weighted by Crippen LogP contribution is -2.32. The number of methoxy groups -OCH3 is 1. The predicted octanol–water partition coefficient (Wildman–Crippen LogP) is 9.01. The molecule has 1 atom stereocenters. The van der Waals surface area contributed by atoms with E-state index in [9.17, 15) is 19.1 Å². The van der Waals surface area contributed by atoms with Crippen LogP contribution in [0.3, 0.4) is 0 Å². The van der Waals surface area contributed by atoms with Crippen molar-refractivity contribution in [2.24, 2.45) is 0 Å². The molecule has 0 unspecified atom stereocenters. The van der Waals surface area contributed by atoms with Crippen molar-refractivity contribution >= 4 is 45.4 Å². The summed E-state index contributed by atoms with van der Waals surface area (Å²) in [5.41, 5.74) is 5.88. The van der Waals surface area contributed by atoms with Gasteiger partial charge in [-0.25, -0.2) is 29.1 Å². The number of esters is 1. The quantitative estimate of drug-likeness (QED) is 0.0453. The van der Waals surface area contributed by atoms with E-state index in [1.54, 1.807) is 50.6 Å². The van der Waals surface area contributed by atoms with Crippen molar-refractivity contribution in [2.45, 2.75) is 45.9 Å². The fourth-order valence-corrected chi connectivity index (χ4v) is 8.30. The van der Waals surface area contributed by atoms with Crippen LogP contribution in [-0.4, -0.2) is 70.3 Å². The van der Waals surface area contributed by atoms with Crippen molar-refractivity contribution in [2.75, 3.05) is 26.9 Å². The maximum atomic E-state index is 14.2. The van der Waals surface area contributed by atoms with Gasteiger partial charge in [-0.3, -0.25) is 4.79 Å². The number of aliphatic hydroxyl groups excluding tert-OH is 1. The lowest BCUT2D eigenvalue weighted by molar-refractivity contribution is -0.151. The zero-order valence-corrected chi connectivity index (χ0v) is 35.8. The fourth-order valence-electron chi connectivity index (χ4n) is 6.94. The van der Waals surface area contributed by atoms with Crippen LogP contribution in [0.5, 0.6) is 17.4 Å². The number of carbonyl (C=O) groups excluding carboxylic acids is 2. The number of nitrogens with zero attached hydrogens (tertiary/aromatic N) is 4. The number of hydrogen-bond acceptors (Lipinski definition) is 13. The number of rotatable bonds is 19. The van der Waals surface area contributed by atoms with E-state index in [1.165, 1.54) is 29.8 Å². The normalized spacial score (nSPS) is 11.6. The molecule has 7 rings (SSSR count). The highest BCUT2D eigenvalue weighted by Crippen LogP contribution is 2.49. The van der Waals surface area contributed by atoms with Gasteiger partial charge >= 0.3 is 5.97 Å². The van der Waals surface area contributed by atoms with Crippen LogP contribution in [0.25, 0.3) is 43.2 Å². The first-order valence-corrected chi connectivity index (χ1v) is 21.0. The van der Waals surface area contributed by atoms with Crippen molar-refractivity contribution in [1.29, 1.82) is 0 Å². The summed E-state index contributed by atoms with van der Waals surface area (Å²) in [6, 6.07) is 24.5. The standard InChI is InChI=1S/C47H43ClFN5O7S/c1-4-59-47(57)39(61-45-41-40(35-16-13-31(25-56)42(48)28(35)2)43(62-46(41)53-27-52-45)30-11-14-33(49)15-12-30)23-32-22-29(24-50-19-7-21-55)10-17-37(32)60-26-34-18-20-51-44(54-34)36-8-5-6-9-38(36)58-3/h5-6,8-18,20,22,25,27,39,50,55H,4,7,19,21,23-24,26H2,1-3H3/t39-/m1/s1. The summed E-state index contributed by atoms with van der Waals surface area (Å²) in [7, 11) is 1.59. The van der Waals surface area contributed by atoms with Crippen molar-refractivity contribution in [1.82, 2.24) is 25.3 Å². The topological polar surface area (TPSA) is 155 Å². The second-order valence-electron chi connectivity index (χ2n) is 14.1. The van der Waals surface area contributed by atoms with E-state index in [-0.39, 0.29) is 37.1 Å². The highest BCUT2D eigenvalue weighted by molar-refractivity contribution is 7.22. The molecule has 0 aliphatic rings. The second-order valence-corrected chi connectivity index (χ2v) is 15.4. The average Bonchev–Trinajstić information content (AvgIpc) is 3.68. The van der Waals surface area contributed by atoms with Crippen LogP contribution < -0.4 is 19.5 Å². The summed E-state index contributed by atoms with van der Waals surface area (Å²) in [6.07, 6.45) is 3.11. The van der Waals surface area contributed by atoms with Gasteiger partial charge in [-0.05, 0) is 97.1 Å². The Balaban J connectivity index is 1.28. The first-order chi connectivity index (χ1) is 30.2. The fraction of sp³-hybridized carbons (Fsp3) is 0.234. The van der Waals surface area contributed by atoms with Gasteiger partial charge in [0, 0.05) is 41.8 Å². The second kappa shape index (κ2) is 20.5. The molecule has 0 radical (unpaired) electrons. The summed E-state index contributed by atoms with van der Waals surface area (Å²) in [6.45, 7) is 4.87. The van der Waals surface area contributed by atoms with Crippen LogP contribution in [0, 0.1) is 12.7 Å². The lowest BCUT2D eigenvalue weighted by atomic mass is 9.95. The number of thiophene rings is 1. The van der Waals surface area contributed by atoms with Crippen molar-refractivity contribution in [3.05, 3.63) is 136 Å². The zero-order chi connectivity index (χ0) is 43.6. The molecule has 3 aromatic heterocycles. The largest absolute Gasteiger partial charge is 0.496 e. The van der Waals surface area contributed by atoms with Gasteiger partial charge in [-0.1, -0.05) is 54.1 Å². The third kappa shape index (κ3) is 9.90. The van der Waals surface area contributed by atoms with E-state index in [0.717, 1.165) is 16.0 Å². The van der Waals surface area contributed by atoms with E-state index < -0.39 is 17.9 Å². The average molecular weight is 876 g/mol. The first kappa shape index (κ1) is 43.8. The molecule has 7 aromatic rings. The van der Waals surface area contributed by atoms with E-state index in [4.69, 9.17) is 35.5 Å². The molecule has 0 bridgehead atoms. The summed E-state index contributed by atoms with van der Waals surface area (Å²) in [5.74, 6) is 0.694. The van der Waals surface area contributed by atoms with Crippen LogP contribution >= 0.6 is 22.9 Å². The van der Waals surface area contributed by atoms with Gasteiger partial charge in [0.1, 0.15) is 35.1 Å². The Kier molecular flexibility index (Phi) is 14.5. The number of aromatic nitrogens is 4. The highest BCUT2D eigenvalue weighted by Gasteiger charge is 2.29. The summed E-state index contributed by atoms with van der Waals surface area (Å²) in [4.78, 5) is 45.4. The minimum absolute atomic E-state index is 0.0174. The monoisotopic (exact) mass is 875 g/mol. The van der Waals surface area contributed by atoms with E-state index >= 15 is 0 Å². The molecule has 0 amide bonds. The van der Waals surface area contributed by atoms with E-state index in [1.807, 2.05) is 49.4 Å². The molecule has 0 saturated heterocycles. The highest BCUT2D eigenvalue weighted by atomic mass is 35.5. The number of nitrogens with one attached hydrogen (secondary N) is 1. The Morgan fingerprint density at radius 3 is 2.60 bits per heavy atom. The van der Waals surface area contributed by atoms with Gasteiger partial charge in [0.2, 0.25) is 12.0 Å². The Morgan fingerprint density at radius 2 is 1.82 bits per heavy atom. The van der Waals surface area contributed by atoms with Gasteiger partial charge in [0.15, 0.2) is 12.1 Å². The van der Waals surface area contributed by atoms with E-state index in [2.05, 4.69) is 20.3 Å². The molecule has 4 aromatic carbocycles. The maximum Gasteiger partial charge on any atom is 0.347 e. The summed E-state index contributed by atoms with van der Waals surface area (Å²) in [5, 5.41) is 13.4. The number of halogens is 2. The van der Waals surface area contributed by atoms with Gasteiger partial charge < -0.3 is 29.4 Å². The van der Waals surface area contributed by atoms with Crippen LogP contribution in [0.2, 0.25) is 5.02 Å². The third-order valence-corrected chi connectivity index (χ3v) is 11.6. The van der Waals surface area contributed by atoms with Crippen molar-refractivity contribution < 1.29 is 38.0 Å². The molecular weight excluding hydrogens is 833 g/mol. The smallest absolute Gasteiger partial charge is 0.347 e. The molecule has 0 fully saturated rings. The van der Waals surface area contributed by atoms with Crippen molar-refractivity contribution in [3.8, 4) is 50.3 Å². The number of aldehydes is 1. The van der Waals surface area contributed by atoms with Gasteiger partial charge in [0.25, 0.3) is 0 Å². The Labute approximate surface area is 366 Å². The summed E-state index contributed by atoms with van der Waals surface area (Å²) < 4.78 is 38.4. The Hall–Kier alpha value is -6.32. The third-order valence-electron chi connectivity index (χ3n) is 9.98. The number of ether oxygens (including phenoxy) is 4. The van der Waals surface area contributed by atoms with Crippen molar-refractivity contribution in [3.63, 3.8) is 0 Å². The molecule has 15 heteroatoms. The van der Waals surface area contributed by atoms with Crippen LogP contribution in [0.1, 0.15) is 46.1 Å². The number of carbonyl (C=O) groups is 2. The Bertz CT molecular complexity index is 2700. The number of aliphatic hydroxyl groups is 1. The molecule has 0 aliphatic carbocycles. The number of hydrogen-bond donors (Lipinski definition) is 2. The molecule has 318 valence electrons. The molecule has 62 heavy (non-hydrogen) atoms. The van der Waals surface area contributed by atoms with E-state index in [0.29, 0.717) is 92.4 Å². The molecule has 12 nitrogen and oxygen atoms in total. The molecule has 0 spiro atoms. The molecule has 2 N–H and O–H groups in total. The Morgan fingerprint density at radius 1 is 1.00 bits per heavy atom. The maximum absolute atomic E-state index is 14.2. The zero-order valence-electron chi connectivity index (χ0n) is 34.2. The summed E-state index contributed by atoms with van der Waals surface area (Å²) >= 11 is 8.07. The van der Waals surface area contributed by atoms with Crippen LogP contribution in [0.4, 0.5) is 4.39 Å². The molecule has 0 aliphatic heterocycles. The molecular formula is C47H43ClFN5O7S. The van der Waals surface area contributed by atoms with Gasteiger partial charge in [-0.2, -0.15) is 0 Å². The first-order valence-electron chi connectivity index (χ1n) is 19.9. The lowest BCUT2D eigenvalue weighted by Gasteiger charge is -2.20. The molecule has 3 heterocycles. The van der Waals surface area contributed by atoms with Gasteiger partial charge in [-0.15, -0.1) is 11.3 Å². The predicted molar refractivity (Wildman–Crippen MR) is 236 cm³/mol. The number of fused-ring (bicyclic) bond motifs is 1. The SMILES string of the molecule is CCOC(=O)[C@@H](Cc1cc(CNCCCO)ccc1OCc1ccnc(-c2ccccc2OC)n1)Oc1ncnc2sc(-c3ccc(F)cc3)c(-c3ccc(C=O)c(Cl)c3C)c12. The number of benzene rings is 4. The minimum Gasteiger partial charge on any atom is -0.496 e. The van der Waals surface area contributed by atoms with Crippen LogP contribution in [0.15, 0.2) is 97.5 Å². The molecule has 0 saturated carbocycles. The minimum atomic E-state index is -1.21. The van der Waals surface area contributed by atoms with Crippen LogP contribution in [-0.2, 0) is 29.1 Å².